The van der Waals surface area contributed by atoms with Gasteiger partial charge in [-0.2, -0.15) is 0 Å². The van der Waals surface area contributed by atoms with Crippen LogP contribution in [0.5, 0.6) is 11.5 Å². The highest BCUT2D eigenvalue weighted by atomic mass is 16.5. The van der Waals surface area contributed by atoms with Crippen molar-refractivity contribution in [1.29, 1.82) is 0 Å². The molecule has 0 spiro atoms. The molecule has 0 bridgehead atoms. The van der Waals surface area contributed by atoms with E-state index in [0.29, 0.717) is 28.6 Å². The first kappa shape index (κ1) is 20.5. The molecule has 0 unspecified atom stereocenters. The van der Waals surface area contributed by atoms with Crippen LogP contribution in [0.2, 0.25) is 0 Å². The summed E-state index contributed by atoms with van der Waals surface area (Å²) < 4.78 is 21.2. The number of ether oxygens (including phenoxy) is 3. The molecule has 29 heavy (non-hydrogen) atoms. The van der Waals surface area contributed by atoms with Crippen LogP contribution in [0.15, 0.2) is 45.6 Å². The van der Waals surface area contributed by atoms with Crippen LogP contribution >= 0.6 is 0 Å². The molecule has 1 heterocycles. The molecular weight excluding hydrogens is 372 g/mol. The minimum atomic E-state index is -0.571. The number of aryl methyl sites for hydroxylation is 1. The Morgan fingerprint density at radius 2 is 1.83 bits per heavy atom. The van der Waals surface area contributed by atoms with Gasteiger partial charge in [0.1, 0.15) is 29.3 Å². The SMILES string of the molecule is COc1ccc(OC)c(C(=O)OCc2cc(=O)oc3cc(C)c(C(C)C)cc23)c1. The van der Waals surface area contributed by atoms with E-state index in [1.165, 1.54) is 20.3 Å². The number of carbonyl (C=O) groups is 1. The van der Waals surface area contributed by atoms with Gasteiger partial charge in [-0.15, -0.1) is 0 Å². The Labute approximate surface area is 169 Å². The Bertz CT molecular complexity index is 1110. The first-order valence-corrected chi connectivity index (χ1v) is 9.30. The molecule has 3 rings (SSSR count). The van der Waals surface area contributed by atoms with Gasteiger partial charge in [0.25, 0.3) is 0 Å². The highest BCUT2D eigenvalue weighted by Crippen LogP contribution is 2.28. The maximum Gasteiger partial charge on any atom is 0.342 e. The lowest BCUT2D eigenvalue weighted by Crippen LogP contribution is -2.10. The lowest BCUT2D eigenvalue weighted by Gasteiger charge is -2.14. The van der Waals surface area contributed by atoms with Crippen molar-refractivity contribution >= 4 is 16.9 Å². The van der Waals surface area contributed by atoms with Crippen LogP contribution < -0.4 is 15.1 Å². The molecule has 0 N–H and O–H groups in total. The number of benzene rings is 2. The van der Waals surface area contributed by atoms with Crippen molar-refractivity contribution in [2.24, 2.45) is 0 Å². The van der Waals surface area contributed by atoms with Gasteiger partial charge in [0, 0.05) is 17.0 Å². The van der Waals surface area contributed by atoms with Gasteiger partial charge in [-0.3, -0.25) is 0 Å². The summed E-state index contributed by atoms with van der Waals surface area (Å²) in [7, 11) is 2.99. The monoisotopic (exact) mass is 396 g/mol. The highest BCUT2D eigenvalue weighted by Gasteiger charge is 2.17. The maximum atomic E-state index is 12.7. The van der Waals surface area contributed by atoms with Crippen LogP contribution in [0.4, 0.5) is 0 Å². The molecule has 0 saturated carbocycles. The lowest BCUT2D eigenvalue weighted by molar-refractivity contribution is 0.0469. The maximum absolute atomic E-state index is 12.7. The zero-order chi connectivity index (χ0) is 21.1. The van der Waals surface area contributed by atoms with Gasteiger partial charge in [0.05, 0.1) is 14.2 Å². The van der Waals surface area contributed by atoms with Gasteiger partial charge in [-0.1, -0.05) is 13.8 Å². The van der Waals surface area contributed by atoms with E-state index in [4.69, 9.17) is 18.6 Å². The Hall–Kier alpha value is -3.28. The van der Waals surface area contributed by atoms with Gasteiger partial charge >= 0.3 is 11.6 Å². The number of fused-ring (bicyclic) bond motifs is 1. The number of esters is 1. The first-order valence-electron chi connectivity index (χ1n) is 9.30. The van der Waals surface area contributed by atoms with E-state index in [2.05, 4.69) is 13.8 Å². The van der Waals surface area contributed by atoms with Crippen molar-refractivity contribution in [3.05, 3.63) is 69.1 Å². The molecule has 6 nitrogen and oxygen atoms in total. The predicted molar refractivity (Wildman–Crippen MR) is 110 cm³/mol. The summed E-state index contributed by atoms with van der Waals surface area (Å²) in [4.78, 5) is 24.6. The molecule has 6 heteroatoms. The standard InChI is InChI=1S/C23H24O6/c1-13(2)17-11-18-15(9-22(24)29-21(18)8-14(17)3)12-28-23(25)19-10-16(26-4)6-7-20(19)27-5/h6-11,13H,12H2,1-5H3. The molecule has 0 radical (unpaired) electrons. The summed E-state index contributed by atoms with van der Waals surface area (Å²) >= 11 is 0. The Morgan fingerprint density at radius 1 is 1.07 bits per heavy atom. The lowest BCUT2D eigenvalue weighted by atomic mass is 9.95. The number of carbonyl (C=O) groups excluding carboxylic acids is 1. The molecule has 0 aliphatic carbocycles. The fourth-order valence-corrected chi connectivity index (χ4v) is 3.33. The van der Waals surface area contributed by atoms with E-state index in [0.717, 1.165) is 16.5 Å². The molecule has 0 aliphatic heterocycles. The van der Waals surface area contributed by atoms with E-state index in [9.17, 15) is 9.59 Å². The molecule has 0 fully saturated rings. The second kappa shape index (κ2) is 8.39. The molecule has 2 aromatic carbocycles. The third-order valence-corrected chi connectivity index (χ3v) is 4.82. The van der Waals surface area contributed by atoms with Crippen molar-refractivity contribution in [3.63, 3.8) is 0 Å². The van der Waals surface area contributed by atoms with Crippen molar-refractivity contribution in [2.45, 2.75) is 33.3 Å². The quantitative estimate of drug-likeness (QED) is 0.448. The van der Waals surface area contributed by atoms with E-state index < -0.39 is 11.6 Å². The van der Waals surface area contributed by atoms with Crippen LogP contribution in [-0.2, 0) is 11.3 Å². The van der Waals surface area contributed by atoms with E-state index in [-0.39, 0.29) is 12.2 Å². The summed E-state index contributed by atoms with van der Waals surface area (Å²) in [5, 5.41) is 0.754. The normalized spacial score (nSPS) is 11.0. The van der Waals surface area contributed by atoms with E-state index in [1.807, 2.05) is 19.1 Å². The number of hydrogen-bond acceptors (Lipinski definition) is 6. The minimum Gasteiger partial charge on any atom is -0.497 e. The second-order valence-corrected chi connectivity index (χ2v) is 7.09. The minimum absolute atomic E-state index is 0.0676. The fraction of sp³-hybridized carbons (Fsp3) is 0.304. The third kappa shape index (κ3) is 4.26. The summed E-state index contributed by atoms with van der Waals surface area (Å²) in [6.45, 7) is 6.11. The van der Waals surface area contributed by atoms with Crippen molar-refractivity contribution < 1.29 is 23.4 Å². The first-order chi connectivity index (χ1) is 13.8. The number of methoxy groups -OCH3 is 2. The van der Waals surface area contributed by atoms with Crippen LogP contribution in [0.3, 0.4) is 0 Å². The Morgan fingerprint density at radius 3 is 2.48 bits per heavy atom. The van der Waals surface area contributed by atoms with Crippen molar-refractivity contribution in [1.82, 2.24) is 0 Å². The van der Waals surface area contributed by atoms with E-state index >= 15 is 0 Å². The largest absolute Gasteiger partial charge is 0.497 e. The zero-order valence-corrected chi connectivity index (χ0v) is 17.2. The van der Waals surface area contributed by atoms with E-state index in [1.54, 1.807) is 18.2 Å². The van der Waals surface area contributed by atoms with Gasteiger partial charge in [-0.25, -0.2) is 9.59 Å². The third-order valence-electron chi connectivity index (χ3n) is 4.82. The average Bonchev–Trinajstić information content (AvgIpc) is 2.70. The van der Waals surface area contributed by atoms with Crippen LogP contribution in [0.25, 0.3) is 11.0 Å². The van der Waals surface area contributed by atoms with Crippen LogP contribution in [0, 0.1) is 6.92 Å². The highest BCUT2D eigenvalue weighted by molar-refractivity contribution is 5.93. The van der Waals surface area contributed by atoms with Gasteiger partial charge in [0.2, 0.25) is 0 Å². The Kier molecular flexibility index (Phi) is 5.92. The predicted octanol–water partition coefficient (Wildman–Crippen LogP) is 4.60. The molecule has 0 saturated heterocycles. The summed E-state index contributed by atoms with van der Waals surface area (Å²) in [5.74, 6) is 0.632. The smallest absolute Gasteiger partial charge is 0.342 e. The molecule has 0 aliphatic rings. The topological polar surface area (TPSA) is 75.0 Å². The van der Waals surface area contributed by atoms with Crippen molar-refractivity contribution in [2.75, 3.05) is 14.2 Å². The van der Waals surface area contributed by atoms with Gasteiger partial charge < -0.3 is 18.6 Å². The summed E-state index contributed by atoms with van der Waals surface area (Å²) in [6, 6.07) is 10.1. The number of hydrogen-bond donors (Lipinski definition) is 0. The van der Waals surface area contributed by atoms with Crippen molar-refractivity contribution in [3.8, 4) is 11.5 Å². The molecule has 0 amide bonds. The van der Waals surface area contributed by atoms with Crippen LogP contribution in [0.1, 0.15) is 46.8 Å². The molecule has 152 valence electrons. The molecular formula is C23H24O6. The Balaban J connectivity index is 1.95. The average molecular weight is 396 g/mol. The number of rotatable bonds is 6. The molecule has 1 aromatic heterocycles. The summed E-state index contributed by atoms with van der Waals surface area (Å²) in [6.07, 6.45) is 0. The second-order valence-electron chi connectivity index (χ2n) is 7.09. The zero-order valence-electron chi connectivity index (χ0n) is 17.2. The molecule has 0 atom stereocenters. The fourth-order valence-electron chi connectivity index (χ4n) is 3.33. The molecule has 3 aromatic rings. The van der Waals surface area contributed by atoms with Gasteiger partial charge in [0.15, 0.2) is 0 Å². The van der Waals surface area contributed by atoms with Crippen LogP contribution in [-0.4, -0.2) is 20.2 Å². The van der Waals surface area contributed by atoms with Gasteiger partial charge in [-0.05, 0) is 54.3 Å². The summed E-state index contributed by atoms with van der Waals surface area (Å²) in [5.41, 5.74) is 3.02.